The maximum atomic E-state index is 12.3. The SMILES string of the molecule is CCCN(C(=O)c1cncc(NC)n1)C1CC1. The average Bonchev–Trinajstić information content (AvgIpc) is 3.19. The minimum atomic E-state index is -0.000972. The van der Waals surface area contributed by atoms with Crippen LogP contribution in [0.1, 0.15) is 36.7 Å². The first kappa shape index (κ1) is 11.8. The Morgan fingerprint density at radius 3 is 2.88 bits per heavy atom. The zero-order chi connectivity index (χ0) is 12.3. The number of carbonyl (C=O) groups excluding carboxylic acids is 1. The Hall–Kier alpha value is -1.65. The first-order valence-electron chi connectivity index (χ1n) is 6.07. The summed E-state index contributed by atoms with van der Waals surface area (Å²) < 4.78 is 0. The summed E-state index contributed by atoms with van der Waals surface area (Å²) in [5, 5.41) is 2.89. The number of anilines is 1. The van der Waals surface area contributed by atoms with Gasteiger partial charge in [0, 0.05) is 19.6 Å². The molecule has 1 heterocycles. The first-order valence-corrected chi connectivity index (χ1v) is 6.07. The van der Waals surface area contributed by atoms with E-state index in [1.165, 1.54) is 6.20 Å². The molecule has 92 valence electrons. The van der Waals surface area contributed by atoms with Crippen LogP contribution >= 0.6 is 0 Å². The summed E-state index contributed by atoms with van der Waals surface area (Å²) in [5.74, 6) is 0.627. The number of hydrogen-bond acceptors (Lipinski definition) is 4. The van der Waals surface area contributed by atoms with Gasteiger partial charge in [0.2, 0.25) is 0 Å². The van der Waals surface area contributed by atoms with E-state index in [4.69, 9.17) is 0 Å². The highest BCUT2D eigenvalue weighted by molar-refractivity contribution is 5.92. The molecule has 1 aromatic heterocycles. The highest BCUT2D eigenvalue weighted by Crippen LogP contribution is 2.28. The van der Waals surface area contributed by atoms with Crippen LogP contribution in [0.15, 0.2) is 12.4 Å². The molecule has 17 heavy (non-hydrogen) atoms. The van der Waals surface area contributed by atoms with Crippen molar-refractivity contribution >= 4 is 11.7 Å². The second-order valence-corrected chi connectivity index (χ2v) is 4.27. The summed E-state index contributed by atoms with van der Waals surface area (Å²) in [6, 6.07) is 0.419. The van der Waals surface area contributed by atoms with Crippen LogP contribution in [0.4, 0.5) is 5.82 Å². The Labute approximate surface area is 101 Å². The van der Waals surface area contributed by atoms with Crippen molar-refractivity contribution in [2.45, 2.75) is 32.2 Å². The lowest BCUT2D eigenvalue weighted by atomic mass is 10.3. The lowest BCUT2D eigenvalue weighted by molar-refractivity contribution is 0.0737. The molecule has 1 amide bonds. The molecule has 0 bridgehead atoms. The maximum Gasteiger partial charge on any atom is 0.274 e. The van der Waals surface area contributed by atoms with E-state index in [9.17, 15) is 4.79 Å². The molecule has 0 aliphatic heterocycles. The van der Waals surface area contributed by atoms with Crippen LogP contribution in [0.5, 0.6) is 0 Å². The fourth-order valence-corrected chi connectivity index (χ4v) is 1.81. The van der Waals surface area contributed by atoms with Crippen LogP contribution in [0.3, 0.4) is 0 Å². The average molecular weight is 234 g/mol. The molecule has 0 atom stereocenters. The van der Waals surface area contributed by atoms with Gasteiger partial charge in [-0.3, -0.25) is 9.78 Å². The quantitative estimate of drug-likeness (QED) is 0.839. The normalized spacial score (nSPS) is 14.5. The van der Waals surface area contributed by atoms with Gasteiger partial charge in [-0.1, -0.05) is 6.92 Å². The number of carbonyl (C=O) groups is 1. The van der Waals surface area contributed by atoms with E-state index in [0.29, 0.717) is 17.6 Å². The molecule has 5 heteroatoms. The second kappa shape index (κ2) is 5.12. The van der Waals surface area contributed by atoms with Gasteiger partial charge >= 0.3 is 0 Å². The third-order valence-corrected chi connectivity index (χ3v) is 2.82. The van der Waals surface area contributed by atoms with Gasteiger partial charge in [0.05, 0.1) is 12.4 Å². The van der Waals surface area contributed by atoms with Gasteiger partial charge in [0.1, 0.15) is 11.5 Å². The number of aromatic nitrogens is 2. The predicted molar refractivity (Wildman–Crippen MR) is 65.9 cm³/mol. The Morgan fingerprint density at radius 2 is 2.29 bits per heavy atom. The van der Waals surface area contributed by atoms with Crippen LogP contribution in [-0.4, -0.2) is 40.4 Å². The van der Waals surface area contributed by atoms with Crippen molar-refractivity contribution in [2.75, 3.05) is 18.9 Å². The summed E-state index contributed by atoms with van der Waals surface area (Å²) in [4.78, 5) is 22.5. The first-order chi connectivity index (χ1) is 8.26. The van der Waals surface area contributed by atoms with Crippen molar-refractivity contribution in [1.82, 2.24) is 14.9 Å². The van der Waals surface area contributed by atoms with E-state index in [2.05, 4.69) is 22.2 Å². The van der Waals surface area contributed by atoms with Gasteiger partial charge in [-0.2, -0.15) is 0 Å². The monoisotopic (exact) mass is 234 g/mol. The van der Waals surface area contributed by atoms with Crippen molar-refractivity contribution in [3.8, 4) is 0 Å². The second-order valence-electron chi connectivity index (χ2n) is 4.27. The van der Waals surface area contributed by atoms with Gasteiger partial charge < -0.3 is 10.2 Å². The molecular weight excluding hydrogens is 216 g/mol. The minimum absolute atomic E-state index is 0.000972. The lowest BCUT2D eigenvalue weighted by Crippen LogP contribution is -2.34. The van der Waals surface area contributed by atoms with E-state index >= 15 is 0 Å². The van der Waals surface area contributed by atoms with Crippen molar-refractivity contribution < 1.29 is 4.79 Å². The zero-order valence-electron chi connectivity index (χ0n) is 10.3. The number of amides is 1. The summed E-state index contributed by atoms with van der Waals surface area (Å²) in [7, 11) is 1.77. The Kier molecular flexibility index (Phi) is 3.56. The maximum absolute atomic E-state index is 12.3. The highest BCUT2D eigenvalue weighted by Gasteiger charge is 2.33. The van der Waals surface area contributed by atoms with E-state index in [-0.39, 0.29) is 5.91 Å². The number of nitrogens with one attached hydrogen (secondary N) is 1. The molecular formula is C12H18N4O. The molecule has 1 N–H and O–H groups in total. The summed E-state index contributed by atoms with van der Waals surface area (Å²) in [6.45, 7) is 2.88. The van der Waals surface area contributed by atoms with Crippen molar-refractivity contribution in [2.24, 2.45) is 0 Å². The van der Waals surface area contributed by atoms with E-state index in [1.807, 2.05) is 4.90 Å². The van der Waals surface area contributed by atoms with E-state index in [0.717, 1.165) is 25.8 Å². The van der Waals surface area contributed by atoms with Crippen LogP contribution in [0, 0.1) is 0 Å². The van der Waals surface area contributed by atoms with E-state index < -0.39 is 0 Å². The zero-order valence-corrected chi connectivity index (χ0v) is 10.3. The van der Waals surface area contributed by atoms with Crippen molar-refractivity contribution in [3.05, 3.63) is 18.1 Å². The molecule has 0 saturated heterocycles. The number of rotatable bonds is 5. The topological polar surface area (TPSA) is 58.1 Å². The molecule has 0 aromatic carbocycles. The molecule has 2 rings (SSSR count). The number of hydrogen-bond donors (Lipinski definition) is 1. The van der Waals surface area contributed by atoms with Gasteiger partial charge in [0.15, 0.2) is 0 Å². The molecule has 0 spiro atoms. The van der Waals surface area contributed by atoms with Gasteiger partial charge in [0.25, 0.3) is 5.91 Å². The Morgan fingerprint density at radius 1 is 1.53 bits per heavy atom. The molecule has 1 fully saturated rings. The molecule has 5 nitrogen and oxygen atoms in total. The van der Waals surface area contributed by atoms with Crippen molar-refractivity contribution in [3.63, 3.8) is 0 Å². The fourth-order valence-electron chi connectivity index (χ4n) is 1.81. The highest BCUT2D eigenvalue weighted by atomic mass is 16.2. The van der Waals surface area contributed by atoms with Crippen LogP contribution in [-0.2, 0) is 0 Å². The standard InChI is InChI=1S/C12H18N4O/c1-3-6-16(9-4-5-9)12(17)10-7-14-8-11(13-2)15-10/h7-9H,3-6H2,1-2H3,(H,13,15). The largest absolute Gasteiger partial charge is 0.372 e. The van der Waals surface area contributed by atoms with Crippen LogP contribution < -0.4 is 5.32 Å². The number of nitrogens with zero attached hydrogens (tertiary/aromatic N) is 3. The van der Waals surface area contributed by atoms with Crippen LogP contribution in [0.2, 0.25) is 0 Å². The fraction of sp³-hybridized carbons (Fsp3) is 0.583. The van der Waals surface area contributed by atoms with Crippen molar-refractivity contribution in [1.29, 1.82) is 0 Å². The van der Waals surface area contributed by atoms with Gasteiger partial charge in [-0.15, -0.1) is 0 Å². The smallest absolute Gasteiger partial charge is 0.274 e. The summed E-state index contributed by atoms with van der Waals surface area (Å²) in [5.41, 5.74) is 0.428. The third kappa shape index (κ3) is 2.72. The molecule has 1 aliphatic rings. The molecule has 1 saturated carbocycles. The van der Waals surface area contributed by atoms with Gasteiger partial charge in [-0.05, 0) is 19.3 Å². The lowest BCUT2D eigenvalue weighted by Gasteiger charge is -2.21. The molecule has 1 aliphatic carbocycles. The third-order valence-electron chi connectivity index (χ3n) is 2.82. The van der Waals surface area contributed by atoms with Crippen LogP contribution in [0.25, 0.3) is 0 Å². The Bertz CT molecular complexity index is 403. The van der Waals surface area contributed by atoms with Gasteiger partial charge in [-0.25, -0.2) is 4.98 Å². The Balaban J connectivity index is 2.15. The summed E-state index contributed by atoms with van der Waals surface area (Å²) >= 11 is 0. The minimum Gasteiger partial charge on any atom is -0.372 e. The molecule has 0 radical (unpaired) electrons. The molecule has 1 aromatic rings. The van der Waals surface area contributed by atoms with E-state index in [1.54, 1.807) is 13.2 Å². The molecule has 0 unspecified atom stereocenters. The predicted octanol–water partition coefficient (Wildman–Crippen LogP) is 1.53. The summed E-state index contributed by atoms with van der Waals surface area (Å²) in [6.07, 6.45) is 6.35.